The van der Waals surface area contributed by atoms with Crippen LogP contribution in [0.4, 0.5) is 10.1 Å². The Labute approximate surface area is 157 Å². The highest BCUT2D eigenvalue weighted by molar-refractivity contribution is 5.48. The molecule has 2 aromatic carbocycles. The predicted octanol–water partition coefficient (Wildman–Crippen LogP) is 4.18. The average Bonchev–Trinajstić information content (AvgIpc) is 3.38. The summed E-state index contributed by atoms with van der Waals surface area (Å²) >= 11 is 0. The molecule has 5 nitrogen and oxygen atoms in total. The number of nitrogens with one attached hydrogen (secondary N) is 1. The smallest absolute Gasteiger partial charge is 0.148 e. The van der Waals surface area contributed by atoms with Crippen LogP contribution in [0, 0.1) is 5.82 Å². The summed E-state index contributed by atoms with van der Waals surface area (Å²) in [5.41, 5.74) is 2.21. The molecule has 0 saturated carbocycles. The minimum atomic E-state index is -0.295. The first-order valence-corrected chi connectivity index (χ1v) is 9.16. The zero-order chi connectivity index (χ0) is 18.5. The van der Waals surface area contributed by atoms with Gasteiger partial charge >= 0.3 is 0 Å². The Balaban J connectivity index is 1.35. The second kappa shape index (κ2) is 8.22. The lowest BCUT2D eigenvalue weighted by Crippen LogP contribution is -2.16. The van der Waals surface area contributed by atoms with Crippen LogP contribution in [0.15, 0.2) is 60.8 Å². The summed E-state index contributed by atoms with van der Waals surface area (Å²) in [5, 5.41) is 7.76. The summed E-state index contributed by atoms with van der Waals surface area (Å²) in [7, 11) is 0. The standard InChI is InChI=1S/C21H22FN3O2/c22-20-8-1-2-9-21(20)25-11-10-17(24-25)14-23-16-5-3-6-18(13-16)27-15-19-7-4-12-26-19/h1-3,5-6,8-11,13,19,23H,4,7,12,14-15H2. The van der Waals surface area contributed by atoms with Crippen molar-refractivity contribution in [3.05, 3.63) is 72.3 Å². The van der Waals surface area contributed by atoms with E-state index in [0.29, 0.717) is 18.8 Å². The molecule has 1 fully saturated rings. The van der Waals surface area contributed by atoms with Gasteiger partial charge in [-0.2, -0.15) is 5.10 Å². The van der Waals surface area contributed by atoms with Gasteiger partial charge < -0.3 is 14.8 Å². The first kappa shape index (κ1) is 17.5. The molecule has 2 heterocycles. The van der Waals surface area contributed by atoms with E-state index in [9.17, 15) is 4.39 Å². The van der Waals surface area contributed by atoms with Gasteiger partial charge in [0.15, 0.2) is 0 Å². The van der Waals surface area contributed by atoms with Gasteiger partial charge in [-0.1, -0.05) is 18.2 Å². The maximum Gasteiger partial charge on any atom is 0.148 e. The van der Waals surface area contributed by atoms with Crippen LogP contribution in [0.2, 0.25) is 0 Å². The number of halogens is 1. The maximum absolute atomic E-state index is 13.9. The highest BCUT2D eigenvalue weighted by atomic mass is 19.1. The van der Waals surface area contributed by atoms with Gasteiger partial charge in [-0.15, -0.1) is 0 Å². The number of nitrogens with zero attached hydrogens (tertiary/aromatic N) is 2. The number of ether oxygens (including phenoxy) is 2. The monoisotopic (exact) mass is 367 g/mol. The Morgan fingerprint density at radius 3 is 2.96 bits per heavy atom. The summed E-state index contributed by atoms with van der Waals surface area (Å²) < 4.78 is 26.8. The van der Waals surface area contributed by atoms with Crippen LogP contribution in [-0.4, -0.2) is 29.1 Å². The molecule has 0 aliphatic carbocycles. The molecule has 1 unspecified atom stereocenters. The van der Waals surface area contributed by atoms with Crippen molar-refractivity contribution < 1.29 is 13.9 Å². The molecule has 1 atom stereocenters. The fraction of sp³-hybridized carbons (Fsp3) is 0.286. The van der Waals surface area contributed by atoms with Crippen LogP contribution < -0.4 is 10.1 Å². The summed E-state index contributed by atoms with van der Waals surface area (Å²) in [4.78, 5) is 0. The predicted molar refractivity (Wildman–Crippen MR) is 102 cm³/mol. The van der Waals surface area contributed by atoms with Crippen molar-refractivity contribution in [1.82, 2.24) is 9.78 Å². The number of aromatic nitrogens is 2. The van der Waals surface area contributed by atoms with Gasteiger partial charge in [0.1, 0.15) is 23.9 Å². The van der Waals surface area contributed by atoms with Crippen molar-refractivity contribution in [1.29, 1.82) is 0 Å². The van der Waals surface area contributed by atoms with E-state index in [2.05, 4.69) is 10.4 Å². The second-order valence-corrected chi connectivity index (χ2v) is 6.53. The van der Waals surface area contributed by atoms with Crippen molar-refractivity contribution in [3.63, 3.8) is 0 Å². The van der Waals surface area contributed by atoms with Gasteiger partial charge in [0.2, 0.25) is 0 Å². The van der Waals surface area contributed by atoms with E-state index in [1.54, 1.807) is 29.1 Å². The SMILES string of the molecule is Fc1ccccc1-n1ccc(CNc2cccc(OCC3CCCO3)c2)n1. The van der Waals surface area contributed by atoms with Crippen LogP contribution in [0.25, 0.3) is 5.69 Å². The highest BCUT2D eigenvalue weighted by Crippen LogP contribution is 2.20. The van der Waals surface area contributed by atoms with E-state index in [-0.39, 0.29) is 11.9 Å². The molecule has 1 aliphatic rings. The molecule has 140 valence electrons. The Hall–Kier alpha value is -2.86. The molecular weight excluding hydrogens is 345 g/mol. The zero-order valence-electron chi connectivity index (χ0n) is 15.0. The normalized spacial score (nSPS) is 16.4. The molecule has 0 amide bonds. The van der Waals surface area contributed by atoms with Crippen LogP contribution in [0.3, 0.4) is 0 Å². The lowest BCUT2D eigenvalue weighted by Gasteiger charge is -2.12. The van der Waals surface area contributed by atoms with Crippen LogP contribution in [0.1, 0.15) is 18.5 Å². The minimum Gasteiger partial charge on any atom is -0.491 e. The topological polar surface area (TPSA) is 48.3 Å². The molecule has 27 heavy (non-hydrogen) atoms. The number of para-hydroxylation sites is 1. The van der Waals surface area contributed by atoms with Gasteiger partial charge in [-0.05, 0) is 43.2 Å². The van der Waals surface area contributed by atoms with Crippen molar-refractivity contribution in [2.24, 2.45) is 0 Å². The third kappa shape index (κ3) is 4.46. The summed E-state index contributed by atoms with van der Waals surface area (Å²) in [5.74, 6) is 0.517. The Morgan fingerprint density at radius 1 is 1.19 bits per heavy atom. The lowest BCUT2D eigenvalue weighted by atomic mass is 10.2. The fourth-order valence-electron chi connectivity index (χ4n) is 3.08. The van der Waals surface area contributed by atoms with Crippen LogP contribution >= 0.6 is 0 Å². The van der Waals surface area contributed by atoms with Crippen molar-refractivity contribution in [3.8, 4) is 11.4 Å². The van der Waals surface area contributed by atoms with Crippen LogP contribution in [0.5, 0.6) is 5.75 Å². The van der Waals surface area contributed by atoms with E-state index < -0.39 is 0 Å². The van der Waals surface area contributed by atoms with Crippen molar-refractivity contribution in [2.45, 2.75) is 25.5 Å². The Morgan fingerprint density at radius 2 is 2.11 bits per heavy atom. The van der Waals surface area contributed by atoms with Crippen molar-refractivity contribution in [2.75, 3.05) is 18.5 Å². The van der Waals surface area contributed by atoms with Crippen LogP contribution in [-0.2, 0) is 11.3 Å². The first-order valence-electron chi connectivity index (χ1n) is 9.16. The quantitative estimate of drug-likeness (QED) is 0.681. The van der Waals surface area contributed by atoms with E-state index in [4.69, 9.17) is 9.47 Å². The maximum atomic E-state index is 13.9. The van der Waals surface area contributed by atoms with E-state index in [1.807, 2.05) is 30.3 Å². The number of anilines is 1. The first-order chi connectivity index (χ1) is 13.3. The second-order valence-electron chi connectivity index (χ2n) is 6.53. The molecule has 1 saturated heterocycles. The van der Waals surface area contributed by atoms with E-state index in [0.717, 1.165) is 36.6 Å². The highest BCUT2D eigenvalue weighted by Gasteiger charge is 2.16. The van der Waals surface area contributed by atoms with Gasteiger partial charge in [0, 0.05) is 24.6 Å². The molecule has 3 aromatic rings. The molecular formula is C21H22FN3O2. The fourth-order valence-corrected chi connectivity index (χ4v) is 3.08. The summed E-state index contributed by atoms with van der Waals surface area (Å²) in [6.07, 6.45) is 4.12. The molecule has 1 N–H and O–H groups in total. The Bertz CT molecular complexity index is 890. The number of benzene rings is 2. The Kier molecular flexibility index (Phi) is 5.34. The summed E-state index contributed by atoms with van der Waals surface area (Å²) in [6, 6.07) is 16.3. The third-order valence-corrected chi connectivity index (χ3v) is 4.51. The molecule has 6 heteroatoms. The average molecular weight is 367 g/mol. The van der Waals surface area contributed by atoms with Gasteiger partial charge in [-0.3, -0.25) is 0 Å². The molecule has 0 spiro atoms. The molecule has 0 bridgehead atoms. The van der Waals surface area contributed by atoms with Crippen molar-refractivity contribution >= 4 is 5.69 Å². The molecule has 0 radical (unpaired) electrons. The largest absolute Gasteiger partial charge is 0.491 e. The molecule has 1 aromatic heterocycles. The van der Waals surface area contributed by atoms with Gasteiger partial charge in [-0.25, -0.2) is 9.07 Å². The lowest BCUT2D eigenvalue weighted by molar-refractivity contribution is 0.0680. The van der Waals surface area contributed by atoms with E-state index >= 15 is 0 Å². The summed E-state index contributed by atoms with van der Waals surface area (Å²) in [6.45, 7) is 1.95. The zero-order valence-corrected chi connectivity index (χ0v) is 15.0. The van der Waals surface area contributed by atoms with Gasteiger partial charge in [0.05, 0.1) is 18.3 Å². The molecule has 4 rings (SSSR count). The minimum absolute atomic E-state index is 0.198. The number of rotatable bonds is 7. The van der Waals surface area contributed by atoms with E-state index in [1.165, 1.54) is 6.07 Å². The van der Waals surface area contributed by atoms with Gasteiger partial charge in [0.25, 0.3) is 0 Å². The number of hydrogen-bond acceptors (Lipinski definition) is 4. The third-order valence-electron chi connectivity index (χ3n) is 4.51. The number of hydrogen-bond donors (Lipinski definition) is 1. The molecule has 1 aliphatic heterocycles.